The fraction of sp³-hybridized carbons (Fsp3) is 0.429. The molecule has 2 aliphatic rings. The Morgan fingerprint density at radius 2 is 1.50 bits per heavy atom. The number of anilines is 2. The Kier molecular flexibility index (Phi) is 12.7. The van der Waals surface area contributed by atoms with Crippen molar-refractivity contribution in [1.29, 1.82) is 0 Å². The van der Waals surface area contributed by atoms with Crippen LogP contribution >= 0.6 is 24.8 Å². The van der Waals surface area contributed by atoms with Crippen LogP contribution in [0.15, 0.2) is 78.9 Å². The van der Waals surface area contributed by atoms with E-state index in [2.05, 4.69) is 70.5 Å². The van der Waals surface area contributed by atoms with E-state index in [1.165, 1.54) is 11.1 Å². The predicted molar refractivity (Wildman–Crippen MR) is 183 cm³/mol. The van der Waals surface area contributed by atoms with E-state index in [0.717, 1.165) is 51.3 Å². The van der Waals surface area contributed by atoms with Gasteiger partial charge in [0, 0.05) is 58.4 Å². The lowest BCUT2D eigenvalue weighted by atomic mass is 9.90. The first-order valence-corrected chi connectivity index (χ1v) is 15.2. The molecule has 2 heterocycles. The third kappa shape index (κ3) is 7.94. The summed E-state index contributed by atoms with van der Waals surface area (Å²) >= 11 is 0. The number of rotatable bonds is 10. The van der Waals surface area contributed by atoms with Crippen LogP contribution in [0.3, 0.4) is 0 Å². The van der Waals surface area contributed by atoms with E-state index in [1.54, 1.807) is 30.7 Å². The van der Waals surface area contributed by atoms with Crippen molar-refractivity contribution in [1.82, 2.24) is 9.80 Å². The van der Waals surface area contributed by atoms with E-state index in [0.29, 0.717) is 30.6 Å². The number of hydrogen-bond acceptors (Lipinski definition) is 5. The quantitative estimate of drug-likeness (QED) is 0.198. The summed E-state index contributed by atoms with van der Waals surface area (Å²) in [6.07, 6.45) is 1.93. The van der Waals surface area contributed by atoms with E-state index in [-0.39, 0.29) is 36.6 Å². The van der Waals surface area contributed by atoms with Crippen molar-refractivity contribution in [3.05, 3.63) is 90.0 Å². The van der Waals surface area contributed by atoms with Crippen molar-refractivity contribution < 1.29 is 14.3 Å². The third-order valence-electron chi connectivity index (χ3n) is 8.64. The maximum atomic E-state index is 13.2. The summed E-state index contributed by atoms with van der Waals surface area (Å²) in [6, 6.07) is 27.7. The van der Waals surface area contributed by atoms with Crippen LogP contribution in [-0.2, 0) is 22.6 Å². The summed E-state index contributed by atoms with van der Waals surface area (Å²) in [7, 11) is 1.74. The highest BCUT2D eigenvalue weighted by atomic mass is 35.5. The summed E-state index contributed by atoms with van der Waals surface area (Å²) in [6.45, 7) is 11.5. The largest absolute Gasteiger partial charge is 0.493 e. The van der Waals surface area contributed by atoms with Crippen LogP contribution in [0.5, 0.6) is 5.75 Å². The van der Waals surface area contributed by atoms with E-state index in [9.17, 15) is 9.59 Å². The fourth-order valence-electron chi connectivity index (χ4n) is 6.25. The minimum atomic E-state index is -1.12. The fourth-order valence-corrected chi connectivity index (χ4v) is 6.25. The molecule has 238 valence electrons. The SMILES string of the molecule is CCN1C(=O)C(C)(C)C(=O)N(C)c2cc(OCCCN3CCN(Cc4ccccc4)C[C@H]3Cc3ccccc3)ccc21.Cl.Cl. The molecule has 0 aromatic heterocycles. The molecule has 0 radical (unpaired) electrons. The number of piperazine rings is 1. The van der Waals surface area contributed by atoms with E-state index in [1.807, 2.05) is 25.1 Å². The van der Waals surface area contributed by atoms with Crippen molar-refractivity contribution in [3.63, 3.8) is 0 Å². The molecule has 1 fully saturated rings. The Morgan fingerprint density at radius 1 is 0.841 bits per heavy atom. The van der Waals surface area contributed by atoms with Crippen molar-refractivity contribution >= 4 is 48.0 Å². The second kappa shape index (κ2) is 15.8. The molecule has 2 amide bonds. The maximum Gasteiger partial charge on any atom is 0.242 e. The number of amides is 2. The predicted octanol–water partition coefficient (Wildman–Crippen LogP) is 6.08. The molecule has 5 rings (SSSR count). The number of fused-ring (bicyclic) bond motifs is 1. The van der Waals surface area contributed by atoms with Crippen LogP contribution in [0.4, 0.5) is 11.4 Å². The molecule has 0 bridgehead atoms. The number of halogens is 2. The number of carbonyl (C=O) groups excluding carboxylic acids is 2. The minimum absolute atomic E-state index is 0. The Balaban J connectivity index is 0.00000264. The van der Waals surface area contributed by atoms with Gasteiger partial charge in [0.2, 0.25) is 11.8 Å². The van der Waals surface area contributed by atoms with Gasteiger partial charge < -0.3 is 14.5 Å². The lowest BCUT2D eigenvalue weighted by molar-refractivity contribution is -0.137. The molecule has 1 saturated heterocycles. The topological polar surface area (TPSA) is 56.3 Å². The average molecular weight is 642 g/mol. The highest BCUT2D eigenvalue weighted by Gasteiger charge is 2.45. The van der Waals surface area contributed by atoms with Gasteiger partial charge in [-0.15, -0.1) is 24.8 Å². The first-order chi connectivity index (χ1) is 20.3. The first kappa shape index (κ1) is 35.4. The van der Waals surface area contributed by atoms with Crippen molar-refractivity contribution in [2.75, 3.05) is 56.2 Å². The van der Waals surface area contributed by atoms with Crippen LogP contribution in [0.25, 0.3) is 0 Å². The van der Waals surface area contributed by atoms with Crippen molar-refractivity contribution in [3.8, 4) is 5.75 Å². The smallest absolute Gasteiger partial charge is 0.242 e. The summed E-state index contributed by atoms with van der Waals surface area (Å²) in [5.41, 5.74) is 3.06. The van der Waals surface area contributed by atoms with Gasteiger partial charge >= 0.3 is 0 Å². The standard InChI is InChI=1S/C35H44N4O3.2ClH/c1-5-39-31-18-17-30(24-32(31)36(4)33(40)35(2,3)34(39)41)42-22-12-19-38-21-20-37(25-28-15-10-7-11-16-28)26-29(38)23-27-13-8-6-9-14-27;;/h6-11,13-18,24,29H,5,12,19-23,25-26H2,1-4H3;2*1H/t29-;;/m1../s1. The zero-order valence-corrected chi connectivity index (χ0v) is 27.9. The molecule has 0 saturated carbocycles. The monoisotopic (exact) mass is 640 g/mol. The third-order valence-corrected chi connectivity index (χ3v) is 8.64. The lowest BCUT2D eigenvalue weighted by Gasteiger charge is -2.42. The molecule has 44 heavy (non-hydrogen) atoms. The molecule has 0 N–H and O–H groups in total. The summed E-state index contributed by atoms with van der Waals surface area (Å²) in [4.78, 5) is 34.8. The van der Waals surface area contributed by atoms with Crippen LogP contribution in [0.2, 0.25) is 0 Å². The molecule has 3 aromatic rings. The maximum absolute atomic E-state index is 13.2. The van der Waals surface area contributed by atoms with Crippen molar-refractivity contribution in [2.45, 2.75) is 46.2 Å². The summed E-state index contributed by atoms with van der Waals surface area (Å²) in [5, 5.41) is 0. The van der Waals surface area contributed by atoms with Crippen LogP contribution in [0, 0.1) is 5.41 Å². The number of hydrogen-bond donors (Lipinski definition) is 0. The zero-order valence-electron chi connectivity index (χ0n) is 26.3. The second-order valence-electron chi connectivity index (χ2n) is 12.0. The first-order valence-electron chi connectivity index (χ1n) is 15.2. The molecule has 3 aromatic carbocycles. The number of nitrogens with zero attached hydrogens (tertiary/aromatic N) is 4. The van der Waals surface area contributed by atoms with Gasteiger partial charge in [-0.05, 0) is 56.9 Å². The molecule has 0 aliphatic carbocycles. The Labute approximate surface area is 275 Å². The normalized spacial score (nSPS) is 18.6. The molecule has 2 aliphatic heterocycles. The number of benzene rings is 3. The van der Waals surface area contributed by atoms with Crippen molar-refractivity contribution in [2.24, 2.45) is 5.41 Å². The highest BCUT2D eigenvalue weighted by molar-refractivity contribution is 6.20. The summed E-state index contributed by atoms with van der Waals surface area (Å²) < 4.78 is 6.21. The van der Waals surface area contributed by atoms with Crippen LogP contribution in [-0.4, -0.2) is 74.0 Å². The molecular weight excluding hydrogens is 595 g/mol. The average Bonchev–Trinajstić information content (AvgIpc) is 3.05. The lowest BCUT2D eigenvalue weighted by Crippen LogP contribution is -2.53. The molecule has 9 heteroatoms. The van der Waals surface area contributed by atoms with Gasteiger partial charge in [0.15, 0.2) is 0 Å². The van der Waals surface area contributed by atoms with Crippen LogP contribution in [0.1, 0.15) is 38.3 Å². The van der Waals surface area contributed by atoms with Gasteiger partial charge in [0.05, 0.1) is 18.0 Å². The van der Waals surface area contributed by atoms with Crippen LogP contribution < -0.4 is 14.5 Å². The Morgan fingerprint density at radius 3 is 2.16 bits per heavy atom. The van der Waals surface area contributed by atoms with Gasteiger partial charge in [0.25, 0.3) is 0 Å². The molecule has 0 spiro atoms. The molecule has 0 unspecified atom stereocenters. The number of ether oxygens (including phenoxy) is 1. The molecule has 7 nitrogen and oxygen atoms in total. The highest BCUT2D eigenvalue weighted by Crippen LogP contribution is 2.40. The van der Waals surface area contributed by atoms with Gasteiger partial charge in [0.1, 0.15) is 11.2 Å². The van der Waals surface area contributed by atoms with E-state index >= 15 is 0 Å². The van der Waals surface area contributed by atoms with Gasteiger partial charge in [-0.2, -0.15) is 0 Å². The van der Waals surface area contributed by atoms with E-state index < -0.39 is 5.41 Å². The molecular formula is C35H46Cl2N4O3. The summed E-state index contributed by atoms with van der Waals surface area (Å²) in [5.74, 6) is 0.325. The molecule has 1 atom stereocenters. The van der Waals surface area contributed by atoms with Gasteiger partial charge in [-0.3, -0.25) is 19.4 Å². The minimum Gasteiger partial charge on any atom is -0.493 e. The second-order valence-corrected chi connectivity index (χ2v) is 12.0. The Bertz CT molecular complexity index is 1370. The van der Waals surface area contributed by atoms with Gasteiger partial charge in [-0.25, -0.2) is 0 Å². The number of carbonyl (C=O) groups is 2. The Hall–Kier alpha value is -3.10. The zero-order chi connectivity index (χ0) is 29.7. The van der Waals surface area contributed by atoms with E-state index in [4.69, 9.17) is 4.74 Å². The van der Waals surface area contributed by atoms with Gasteiger partial charge in [-0.1, -0.05) is 60.7 Å².